The SMILES string of the molecule is CC(C)n1cncc1Cn1cc(CBr)nn1. The summed E-state index contributed by atoms with van der Waals surface area (Å²) in [5.41, 5.74) is 2.08. The van der Waals surface area contributed by atoms with Crippen LogP contribution in [0.3, 0.4) is 0 Å². The molecule has 0 spiro atoms. The largest absolute Gasteiger partial charge is 0.330 e. The van der Waals surface area contributed by atoms with E-state index >= 15 is 0 Å². The van der Waals surface area contributed by atoms with Crippen LogP contribution in [0.15, 0.2) is 18.7 Å². The summed E-state index contributed by atoms with van der Waals surface area (Å²) in [6.07, 6.45) is 5.66. The highest BCUT2D eigenvalue weighted by Crippen LogP contribution is 2.10. The number of alkyl halides is 1. The van der Waals surface area contributed by atoms with Crippen LogP contribution in [0.2, 0.25) is 0 Å². The second-order valence-electron chi connectivity index (χ2n) is 3.93. The fraction of sp³-hybridized carbons (Fsp3) is 0.500. The standard InChI is InChI=1S/C10H14BrN5/c1-8(2)16-7-12-4-10(16)6-15-5-9(3-11)13-14-15/h4-5,7-8H,3,6H2,1-2H3. The van der Waals surface area contributed by atoms with E-state index in [4.69, 9.17) is 0 Å². The summed E-state index contributed by atoms with van der Waals surface area (Å²) in [5.74, 6) is 0. The highest BCUT2D eigenvalue weighted by Gasteiger charge is 2.07. The maximum Gasteiger partial charge on any atom is 0.0951 e. The van der Waals surface area contributed by atoms with E-state index in [0.717, 1.165) is 16.7 Å². The normalized spacial score (nSPS) is 11.2. The van der Waals surface area contributed by atoms with E-state index in [0.29, 0.717) is 12.6 Å². The number of halogens is 1. The minimum Gasteiger partial charge on any atom is -0.330 e. The molecule has 86 valence electrons. The lowest BCUT2D eigenvalue weighted by atomic mass is 10.3. The fourth-order valence-electron chi connectivity index (χ4n) is 1.56. The van der Waals surface area contributed by atoms with Crippen molar-refractivity contribution in [1.29, 1.82) is 0 Å². The first-order valence-corrected chi connectivity index (χ1v) is 6.28. The Kier molecular flexibility index (Phi) is 3.38. The van der Waals surface area contributed by atoms with Gasteiger partial charge >= 0.3 is 0 Å². The zero-order valence-corrected chi connectivity index (χ0v) is 10.9. The first-order chi connectivity index (χ1) is 7.70. The summed E-state index contributed by atoms with van der Waals surface area (Å²) in [6.45, 7) is 4.98. The number of imidazole rings is 1. The Bertz CT molecular complexity index is 459. The van der Waals surface area contributed by atoms with Gasteiger partial charge in [0.1, 0.15) is 0 Å². The highest BCUT2D eigenvalue weighted by molar-refractivity contribution is 9.08. The van der Waals surface area contributed by atoms with Crippen LogP contribution in [-0.2, 0) is 11.9 Å². The Hall–Kier alpha value is -1.17. The van der Waals surface area contributed by atoms with Crippen LogP contribution >= 0.6 is 15.9 Å². The summed E-state index contributed by atoms with van der Waals surface area (Å²) >= 11 is 3.35. The van der Waals surface area contributed by atoms with Crippen molar-refractivity contribution in [3.63, 3.8) is 0 Å². The number of aromatic nitrogens is 5. The molecular weight excluding hydrogens is 270 g/mol. The van der Waals surface area contributed by atoms with Crippen molar-refractivity contribution in [1.82, 2.24) is 24.5 Å². The molecule has 0 aliphatic heterocycles. The van der Waals surface area contributed by atoms with E-state index in [2.05, 4.69) is 49.6 Å². The zero-order chi connectivity index (χ0) is 11.5. The molecule has 0 radical (unpaired) electrons. The molecule has 0 saturated heterocycles. The average molecular weight is 284 g/mol. The quantitative estimate of drug-likeness (QED) is 0.807. The molecule has 0 saturated carbocycles. The van der Waals surface area contributed by atoms with Crippen molar-refractivity contribution >= 4 is 15.9 Å². The Morgan fingerprint density at radius 2 is 2.25 bits per heavy atom. The molecule has 6 heteroatoms. The van der Waals surface area contributed by atoms with Crippen molar-refractivity contribution < 1.29 is 0 Å². The van der Waals surface area contributed by atoms with E-state index < -0.39 is 0 Å². The fourth-order valence-corrected chi connectivity index (χ4v) is 1.82. The molecule has 0 aliphatic rings. The molecule has 2 rings (SSSR count). The summed E-state index contributed by atoms with van der Waals surface area (Å²) in [5, 5.41) is 8.82. The number of hydrogen-bond acceptors (Lipinski definition) is 3. The lowest BCUT2D eigenvalue weighted by Crippen LogP contribution is -2.09. The summed E-state index contributed by atoms with van der Waals surface area (Å²) in [7, 11) is 0. The van der Waals surface area contributed by atoms with Gasteiger partial charge in [-0.2, -0.15) is 0 Å². The van der Waals surface area contributed by atoms with Gasteiger partial charge in [0.15, 0.2) is 0 Å². The summed E-state index contributed by atoms with van der Waals surface area (Å²) in [4.78, 5) is 4.16. The molecule has 0 bridgehead atoms. The van der Waals surface area contributed by atoms with Crippen molar-refractivity contribution in [2.45, 2.75) is 31.8 Å². The summed E-state index contributed by atoms with van der Waals surface area (Å²) < 4.78 is 3.96. The van der Waals surface area contributed by atoms with Gasteiger partial charge in [-0.15, -0.1) is 5.10 Å². The van der Waals surface area contributed by atoms with Crippen molar-refractivity contribution in [2.75, 3.05) is 0 Å². The molecule has 0 atom stereocenters. The zero-order valence-electron chi connectivity index (χ0n) is 9.34. The summed E-state index contributed by atoms with van der Waals surface area (Å²) in [6, 6.07) is 0.414. The van der Waals surface area contributed by atoms with Gasteiger partial charge in [0.25, 0.3) is 0 Å². The van der Waals surface area contributed by atoms with Gasteiger partial charge in [-0.05, 0) is 13.8 Å². The Balaban J connectivity index is 2.17. The first kappa shape index (κ1) is 11.3. The van der Waals surface area contributed by atoms with Crippen LogP contribution in [0.4, 0.5) is 0 Å². The van der Waals surface area contributed by atoms with Gasteiger partial charge in [-0.25, -0.2) is 9.67 Å². The Morgan fingerprint density at radius 1 is 1.44 bits per heavy atom. The molecule has 2 aromatic rings. The number of rotatable bonds is 4. The van der Waals surface area contributed by atoms with E-state index in [9.17, 15) is 0 Å². The van der Waals surface area contributed by atoms with Gasteiger partial charge in [0.05, 0.1) is 30.5 Å². The first-order valence-electron chi connectivity index (χ1n) is 5.16. The minimum absolute atomic E-state index is 0.414. The molecule has 2 heterocycles. The lowest BCUT2D eigenvalue weighted by Gasteiger charge is -2.10. The van der Waals surface area contributed by atoms with Crippen LogP contribution < -0.4 is 0 Å². The van der Waals surface area contributed by atoms with Crippen molar-refractivity contribution in [3.8, 4) is 0 Å². The van der Waals surface area contributed by atoms with E-state index in [-0.39, 0.29) is 0 Å². The predicted molar refractivity (Wildman–Crippen MR) is 64.4 cm³/mol. The highest BCUT2D eigenvalue weighted by atomic mass is 79.9. The third-order valence-corrected chi connectivity index (χ3v) is 2.92. The smallest absolute Gasteiger partial charge is 0.0951 e. The molecule has 16 heavy (non-hydrogen) atoms. The van der Waals surface area contributed by atoms with Gasteiger partial charge in [-0.3, -0.25) is 0 Å². The maximum absolute atomic E-state index is 4.16. The van der Waals surface area contributed by atoms with Crippen LogP contribution in [0.5, 0.6) is 0 Å². The van der Waals surface area contributed by atoms with Gasteiger partial charge in [0.2, 0.25) is 0 Å². The van der Waals surface area contributed by atoms with E-state index in [1.54, 1.807) is 0 Å². The van der Waals surface area contributed by atoms with Crippen molar-refractivity contribution in [2.24, 2.45) is 0 Å². The third-order valence-electron chi connectivity index (χ3n) is 2.35. The average Bonchev–Trinajstić information content (AvgIpc) is 2.87. The topological polar surface area (TPSA) is 48.5 Å². The monoisotopic (exact) mass is 283 g/mol. The molecule has 5 nitrogen and oxygen atoms in total. The number of nitrogens with zero attached hydrogens (tertiary/aromatic N) is 5. The van der Waals surface area contributed by atoms with E-state index in [1.807, 2.05) is 23.4 Å². The third kappa shape index (κ3) is 2.32. The van der Waals surface area contributed by atoms with Crippen molar-refractivity contribution in [3.05, 3.63) is 30.1 Å². The van der Waals surface area contributed by atoms with Gasteiger partial charge in [-0.1, -0.05) is 21.1 Å². The molecule has 0 fully saturated rings. The minimum atomic E-state index is 0.414. The Morgan fingerprint density at radius 3 is 2.88 bits per heavy atom. The Labute approximate surface area is 103 Å². The van der Waals surface area contributed by atoms with Crippen LogP contribution in [0.25, 0.3) is 0 Å². The lowest BCUT2D eigenvalue weighted by molar-refractivity contribution is 0.541. The van der Waals surface area contributed by atoms with Crippen LogP contribution in [-0.4, -0.2) is 24.5 Å². The maximum atomic E-state index is 4.16. The van der Waals surface area contributed by atoms with Crippen LogP contribution in [0.1, 0.15) is 31.3 Å². The van der Waals surface area contributed by atoms with Crippen LogP contribution in [0, 0.1) is 0 Å². The molecule has 0 aromatic carbocycles. The second kappa shape index (κ2) is 4.78. The number of hydrogen-bond donors (Lipinski definition) is 0. The molecular formula is C10H14BrN5. The molecule has 0 amide bonds. The molecule has 0 unspecified atom stereocenters. The second-order valence-corrected chi connectivity index (χ2v) is 4.49. The van der Waals surface area contributed by atoms with Gasteiger partial charge in [0, 0.05) is 17.6 Å². The molecule has 0 aliphatic carbocycles. The predicted octanol–water partition coefficient (Wildman–Crippen LogP) is 2.00. The van der Waals surface area contributed by atoms with E-state index in [1.165, 1.54) is 0 Å². The molecule has 0 N–H and O–H groups in total. The molecule has 2 aromatic heterocycles. The van der Waals surface area contributed by atoms with Gasteiger partial charge < -0.3 is 4.57 Å².